The highest BCUT2D eigenvalue weighted by Gasteiger charge is 2.08. The summed E-state index contributed by atoms with van der Waals surface area (Å²) in [5.74, 6) is 0.466. The van der Waals surface area contributed by atoms with Crippen molar-refractivity contribution in [2.75, 3.05) is 5.32 Å². The molecule has 0 aromatic carbocycles. The molecule has 0 atom stereocenters. The van der Waals surface area contributed by atoms with Crippen molar-refractivity contribution in [3.05, 3.63) is 34.8 Å². The fraction of sp³-hybridized carbons (Fsp3) is 0.357. The Bertz CT molecular complexity index is 651. The van der Waals surface area contributed by atoms with E-state index in [1.807, 2.05) is 27.8 Å². The molecule has 0 saturated carbocycles. The number of aromatic amines is 1. The molecule has 0 bridgehead atoms. The van der Waals surface area contributed by atoms with E-state index in [0.717, 1.165) is 28.9 Å². The SMILES string of the molecule is CCc1cn[nH]c1NC(=O)/C=C/c1c(C)nn(C)c1C. The molecular formula is C14H19N5O. The molecule has 0 aliphatic carbocycles. The molecule has 20 heavy (non-hydrogen) atoms. The zero-order valence-electron chi connectivity index (χ0n) is 12.2. The lowest BCUT2D eigenvalue weighted by Gasteiger charge is -2.01. The third-order valence-corrected chi connectivity index (χ3v) is 3.31. The molecular weight excluding hydrogens is 254 g/mol. The number of nitrogens with zero attached hydrogens (tertiary/aromatic N) is 3. The van der Waals surface area contributed by atoms with Crippen molar-refractivity contribution in [3.63, 3.8) is 0 Å². The second-order valence-corrected chi connectivity index (χ2v) is 4.65. The van der Waals surface area contributed by atoms with Crippen LogP contribution in [0.5, 0.6) is 0 Å². The minimum atomic E-state index is -0.188. The Hall–Kier alpha value is -2.37. The van der Waals surface area contributed by atoms with Crippen LogP contribution < -0.4 is 5.32 Å². The van der Waals surface area contributed by atoms with Gasteiger partial charge in [0.2, 0.25) is 5.91 Å². The molecule has 106 valence electrons. The van der Waals surface area contributed by atoms with E-state index in [9.17, 15) is 4.79 Å². The van der Waals surface area contributed by atoms with Gasteiger partial charge < -0.3 is 5.32 Å². The number of rotatable bonds is 4. The molecule has 0 saturated heterocycles. The van der Waals surface area contributed by atoms with E-state index in [4.69, 9.17) is 0 Å². The van der Waals surface area contributed by atoms with Gasteiger partial charge in [-0.1, -0.05) is 6.92 Å². The molecule has 6 heteroatoms. The molecule has 0 spiro atoms. The number of hydrogen-bond acceptors (Lipinski definition) is 3. The van der Waals surface area contributed by atoms with Crippen molar-refractivity contribution < 1.29 is 4.79 Å². The lowest BCUT2D eigenvalue weighted by molar-refractivity contribution is -0.111. The van der Waals surface area contributed by atoms with E-state index in [0.29, 0.717) is 5.82 Å². The molecule has 0 aliphatic rings. The van der Waals surface area contributed by atoms with Crippen LogP contribution in [0.3, 0.4) is 0 Å². The van der Waals surface area contributed by atoms with Crippen molar-refractivity contribution in [1.29, 1.82) is 0 Å². The average molecular weight is 273 g/mol. The van der Waals surface area contributed by atoms with Crippen LogP contribution in [-0.4, -0.2) is 25.9 Å². The molecule has 6 nitrogen and oxygen atoms in total. The van der Waals surface area contributed by atoms with Crippen LogP contribution >= 0.6 is 0 Å². The molecule has 2 aromatic rings. The highest BCUT2D eigenvalue weighted by molar-refractivity contribution is 6.01. The number of H-pyrrole nitrogens is 1. The molecule has 1 amide bonds. The zero-order chi connectivity index (χ0) is 14.7. The summed E-state index contributed by atoms with van der Waals surface area (Å²) in [7, 11) is 1.89. The largest absolute Gasteiger partial charge is 0.307 e. The van der Waals surface area contributed by atoms with Gasteiger partial charge in [-0.15, -0.1) is 0 Å². The first-order valence-electron chi connectivity index (χ1n) is 6.54. The maximum atomic E-state index is 11.9. The summed E-state index contributed by atoms with van der Waals surface area (Å²) >= 11 is 0. The predicted octanol–water partition coefficient (Wildman–Crippen LogP) is 1.97. The lowest BCUT2D eigenvalue weighted by atomic mass is 10.2. The van der Waals surface area contributed by atoms with Crippen LogP contribution in [-0.2, 0) is 18.3 Å². The van der Waals surface area contributed by atoms with Gasteiger partial charge in [0.05, 0.1) is 11.9 Å². The maximum absolute atomic E-state index is 11.9. The standard InChI is InChI=1S/C14H19N5O/c1-5-11-8-15-17-14(11)16-13(20)7-6-12-9(2)18-19(4)10(12)3/h6-8H,5H2,1-4H3,(H2,15,16,17,20)/b7-6+. The third kappa shape index (κ3) is 2.79. The number of anilines is 1. The van der Waals surface area contributed by atoms with Crippen molar-refractivity contribution in [2.45, 2.75) is 27.2 Å². The van der Waals surface area contributed by atoms with Crippen LogP contribution in [0, 0.1) is 13.8 Å². The minimum Gasteiger partial charge on any atom is -0.307 e. The molecule has 2 N–H and O–H groups in total. The summed E-state index contributed by atoms with van der Waals surface area (Å²) in [4.78, 5) is 11.9. The number of amides is 1. The smallest absolute Gasteiger partial charge is 0.249 e. The average Bonchev–Trinajstić information content (AvgIpc) is 2.94. The van der Waals surface area contributed by atoms with E-state index in [1.165, 1.54) is 6.08 Å². The van der Waals surface area contributed by atoms with Gasteiger partial charge in [0.15, 0.2) is 0 Å². The van der Waals surface area contributed by atoms with Crippen LogP contribution in [0.25, 0.3) is 6.08 Å². The Balaban J connectivity index is 2.10. The van der Waals surface area contributed by atoms with Gasteiger partial charge >= 0.3 is 0 Å². The summed E-state index contributed by atoms with van der Waals surface area (Å²) in [5, 5.41) is 13.8. The van der Waals surface area contributed by atoms with Gasteiger partial charge in [0.1, 0.15) is 5.82 Å². The summed E-state index contributed by atoms with van der Waals surface area (Å²) in [5.41, 5.74) is 3.90. The topological polar surface area (TPSA) is 75.6 Å². The van der Waals surface area contributed by atoms with Gasteiger partial charge in [-0.3, -0.25) is 14.6 Å². The molecule has 0 fully saturated rings. The number of carbonyl (C=O) groups is 1. The van der Waals surface area contributed by atoms with Crippen LogP contribution in [0.15, 0.2) is 12.3 Å². The lowest BCUT2D eigenvalue weighted by Crippen LogP contribution is -2.09. The van der Waals surface area contributed by atoms with Gasteiger partial charge in [-0.25, -0.2) is 0 Å². The Labute approximate surface area is 117 Å². The van der Waals surface area contributed by atoms with Crippen LogP contribution in [0.1, 0.15) is 29.4 Å². The van der Waals surface area contributed by atoms with E-state index in [1.54, 1.807) is 17.0 Å². The molecule has 2 heterocycles. The summed E-state index contributed by atoms with van der Waals surface area (Å²) in [6, 6.07) is 0. The van der Waals surface area contributed by atoms with Crippen LogP contribution in [0.2, 0.25) is 0 Å². The Morgan fingerprint density at radius 3 is 2.85 bits per heavy atom. The Kier molecular flexibility index (Phi) is 4.02. The van der Waals surface area contributed by atoms with Gasteiger partial charge in [0.25, 0.3) is 0 Å². The quantitative estimate of drug-likeness (QED) is 0.836. The fourth-order valence-electron chi connectivity index (χ4n) is 2.04. The Morgan fingerprint density at radius 1 is 1.50 bits per heavy atom. The maximum Gasteiger partial charge on any atom is 0.249 e. The minimum absolute atomic E-state index is 0.188. The van der Waals surface area contributed by atoms with E-state index in [-0.39, 0.29) is 5.91 Å². The van der Waals surface area contributed by atoms with Crippen molar-refractivity contribution in [1.82, 2.24) is 20.0 Å². The van der Waals surface area contributed by atoms with Gasteiger partial charge in [-0.2, -0.15) is 10.2 Å². The van der Waals surface area contributed by atoms with Gasteiger partial charge in [-0.05, 0) is 26.3 Å². The number of hydrogen-bond donors (Lipinski definition) is 2. The zero-order valence-corrected chi connectivity index (χ0v) is 12.2. The number of carbonyl (C=O) groups excluding carboxylic acids is 1. The first-order valence-corrected chi connectivity index (χ1v) is 6.54. The first kappa shape index (κ1) is 14.0. The fourth-order valence-corrected chi connectivity index (χ4v) is 2.04. The van der Waals surface area contributed by atoms with E-state index in [2.05, 4.69) is 20.6 Å². The predicted molar refractivity (Wildman–Crippen MR) is 78.3 cm³/mol. The molecule has 0 unspecified atom stereocenters. The normalized spacial score (nSPS) is 11.2. The van der Waals surface area contributed by atoms with Crippen molar-refractivity contribution in [3.8, 4) is 0 Å². The summed E-state index contributed by atoms with van der Waals surface area (Å²) < 4.78 is 1.80. The van der Waals surface area contributed by atoms with Crippen molar-refractivity contribution in [2.24, 2.45) is 7.05 Å². The number of aryl methyl sites for hydroxylation is 3. The van der Waals surface area contributed by atoms with E-state index >= 15 is 0 Å². The highest BCUT2D eigenvalue weighted by atomic mass is 16.1. The van der Waals surface area contributed by atoms with Gasteiger partial charge in [0, 0.05) is 29.9 Å². The summed E-state index contributed by atoms with van der Waals surface area (Å²) in [6.07, 6.45) is 5.83. The number of nitrogens with one attached hydrogen (secondary N) is 2. The monoisotopic (exact) mass is 273 g/mol. The first-order chi connectivity index (χ1) is 9.52. The molecule has 2 aromatic heterocycles. The molecule has 0 aliphatic heterocycles. The third-order valence-electron chi connectivity index (χ3n) is 3.31. The number of aromatic nitrogens is 4. The highest BCUT2D eigenvalue weighted by Crippen LogP contribution is 2.14. The van der Waals surface area contributed by atoms with Crippen molar-refractivity contribution >= 4 is 17.8 Å². The second kappa shape index (κ2) is 5.73. The van der Waals surface area contributed by atoms with Crippen LogP contribution in [0.4, 0.5) is 5.82 Å². The molecule has 0 radical (unpaired) electrons. The molecule has 2 rings (SSSR count). The second-order valence-electron chi connectivity index (χ2n) is 4.65. The van der Waals surface area contributed by atoms with E-state index < -0.39 is 0 Å². The summed E-state index contributed by atoms with van der Waals surface area (Å²) in [6.45, 7) is 5.91. The Morgan fingerprint density at radius 2 is 2.25 bits per heavy atom.